The average molecular weight is 273 g/mol. The highest BCUT2D eigenvalue weighted by molar-refractivity contribution is 5.82. The third-order valence-electron chi connectivity index (χ3n) is 5.02. The normalized spacial score (nSPS) is 24.9. The fraction of sp³-hybridized carbons (Fsp3) is 0.529. The van der Waals surface area contributed by atoms with Crippen molar-refractivity contribution in [3.63, 3.8) is 0 Å². The number of piperazine rings is 1. The third-order valence-corrected chi connectivity index (χ3v) is 5.02. The third kappa shape index (κ3) is 2.74. The molecule has 0 bridgehead atoms. The molecule has 1 saturated heterocycles. The number of hydrogen-bond acceptors (Lipinski definition) is 0. The lowest BCUT2D eigenvalue weighted by atomic mass is 10.1. The van der Waals surface area contributed by atoms with Crippen molar-refractivity contribution < 1.29 is 9.80 Å². The SMILES string of the molecule is CCC(C)[NH+]1CC[NH+](Cc2c[nH]c3ccccc23)CC1. The zero-order chi connectivity index (χ0) is 13.9. The van der Waals surface area contributed by atoms with E-state index >= 15 is 0 Å². The van der Waals surface area contributed by atoms with Crippen LogP contribution in [0.25, 0.3) is 10.9 Å². The number of aromatic nitrogens is 1. The van der Waals surface area contributed by atoms with Crippen LogP contribution in [0.1, 0.15) is 25.8 Å². The molecule has 1 unspecified atom stereocenters. The van der Waals surface area contributed by atoms with Gasteiger partial charge in [-0.3, -0.25) is 0 Å². The molecular weight excluding hydrogens is 246 g/mol. The molecule has 108 valence electrons. The van der Waals surface area contributed by atoms with Crippen molar-refractivity contribution in [2.24, 2.45) is 0 Å². The van der Waals surface area contributed by atoms with E-state index in [9.17, 15) is 0 Å². The molecule has 1 aliphatic heterocycles. The van der Waals surface area contributed by atoms with Crippen LogP contribution in [0.3, 0.4) is 0 Å². The van der Waals surface area contributed by atoms with Crippen molar-refractivity contribution >= 4 is 10.9 Å². The van der Waals surface area contributed by atoms with E-state index in [4.69, 9.17) is 0 Å². The van der Waals surface area contributed by atoms with E-state index in [-0.39, 0.29) is 0 Å². The van der Waals surface area contributed by atoms with Gasteiger partial charge in [-0.05, 0) is 19.4 Å². The Morgan fingerprint density at radius 1 is 1.15 bits per heavy atom. The van der Waals surface area contributed by atoms with E-state index in [2.05, 4.69) is 49.3 Å². The molecule has 0 aliphatic carbocycles. The lowest BCUT2D eigenvalue weighted by molar-refractivity contribution is -1.03. The van der Waals surface area contributed by atoms with Gasteiger partial charge in [-0.15, -0.1) is 0 Å². The summed E-state index contributed by atoms with van der Waals surface area (Å²) in [5.74, 6) is 0. The minimum absolute atomic E-state index is 0.824. The van der Waals surface area contributed by atoms with Gasteiger partial charge in [0.15, 0.2) is 0 Å². The van der Waals surface area contributed by atoms with Gasteiger partial charge >= 0.3 is 0 Å². The maximum Gasteiger partial charge on any atom is 0.127 e. The number of nitrogens with one attached hydrogen (secondary N) is 3. The van der Waals surface area contributed by atoms with Crippen molar-refractivity contribution in [1.82, 2.24) is 4.98 Å². The smallest absolute Gasteiger partial charge is 0.127 e. The molecule has 3 nitrogen and oxygen atoms in total. The van der Waals surface area contributed by atoms with Gasteiger partial charge in [0.1, 0.15) is 32.7 Å². The van der Waals surface area contributed by atoms with Crippen LogP contribution in [-0.4, -0.2) is 37.2 Å². The minimum atomic E-state index is 0.824. The van der Waals surface area contributed by atoms with E-state index in [0.29, 0.717) is 0 Å². The molecule has 0 amide bonds. The minimum Gasteiger partial charge on any atom is -0.361 e. The van der Waals surface area contributed by atoms with Gasteiger partial charge in [-0.25, -0.2) is 0 Å². The van der Waals surface area contributed by atoms with Crippen LogP contribution in [-0.2, 0) is 6.54 Å². The van der Waals surface area contributed by atoms with Crippen LogP contribution >= 0.6 is 0 Å². The van der Waals surface area contributed by atoms with Crippen LogP contribution in [0.15, 0.2) is 30.5 Å². The van der Waals surface area contributed by atoms with Crippen molar-refractivity contribution in [1.29, 1.82) is 0 Å². The summed E-state index contributed by atoms with van der Waals surface area (Å²) in [5, 5.41) is 1.40. The lowest BCUT2D eigenvalue weighted by Gasteiger charge is -2.32. The van der Waals surface area contributed by atoms with Gasteiger partial charge < -0.3 is 14.8 Å². The van der Waals surface area contributed by atoms with E-state index in [1.807, 2.05) is 0 Å². The number of fused-ring (bicyclic) bond motifs is 1. The summed E-state index contributed by atoms with van der Waals surface area (Å²) in [6.45, 7) is 11.1. The molecule has 1 fully saturated rings. The fourth-order valence-corrected chi connectivity index (χ4v) is 3.43. The van der Waals surface area contributed by atoms with E-state index in [1.165, 1.54) is 49.1 Å². The van der Waals surface area contributed by atoms with Crippen molar-refractivity contribution in [2.45, 2.75) is 32.9 Å². The summed E-state index contributed by atoms with van der Waals surface area (Å²) in [4.78, 5) is 6.93. The molecule has 1 aromatic carbocycles. The maximum atomic E-state index is 3.40. The number of aromatic amines is 1. The molecule has 1 atom stereocenters. The molecule has 3 rings (SSSR count). The number of H-pyrrole nitrogens is 1. The molecule has 0 radical (unpaired) electrons. The molecule has 3 N–H and O–H groups in total. The Balaban J connectivity index is 1.62. The molecule has 2 heterocycles. The highest BCUT2D eigenvalue weighted by Crippen LogP contribution is 2.16. The second-order valence-electron chi connectivity index (χ2n) is 6.25. The Morgan fingerprint density at radius 3 is 2.65 bits per heavy atom. The van der Waals surface area contributed by atoms with Gasteiger partial charge in [0, 0.05) is 22.7 Å². The molecule has 1 aromatic heterocycles. The topological polar surface area (TPSA) is 24.7 Å². The van der Waals surface area contributed by atoms with E-state index in [1.54, 1.807) is 9.80 Å². The largest absolute Gasteiger partial charge is 0.361 e. The molecular formula is C17H27N3+2. The van der Waals surface area contributed by atoms with Crippen molar-refractivity contribution in [3.05, 3.63) is 36.0 Å². The Morgan fingerprint density at radius 2 is 1.90 bits per heavy atom. The highest BCUT2D eigenvalue weighted by Gasteiger charge is 2.26. The van der Waals surface area contributed by atoms with Gasteiger partial charge in [-0.2, -0.15) is 0 Å². The number of para-hydroxylation sites is 1. The Bertz CT molecular complexity index is 552. The summed E-state index contributed by atoms with van der Waals surface area (Å²) in [7, 11) is 0. The molecule has 20 heavy (non-hydrogen) atoms. The summed E-state index contributed by atoms with van der Waals surface area (Å²) in [5.41, 5.74) is 2.74. The first kappa shape index (κ1) is 13.7. The summed E-state index contributed by atoms with van der Waals surface area (Å²) in [6, 6.07) is 9.47. The Hall–Kier alpha value is -1.32. The van der Waals surface area contributed by atoms with Crippen LogP contribution in [0, 0.1) is 0 Å². The highest BCUT2D eigenvalue weighted by atomic mass is 15.3. The second-order valence-corrected chi connectivity index (χ2v) is 6.25. The summed E-state index contributed by atoms with van der Waals surface area (Å²) < 4.78 is 0. The van der Waals surface area contributed by atoms with Crippen molar-refractivity contribution in [2.75, 3.05) is 26.2 Å². The number of hydrogen-bond donors (Lipinski definition) is 3. The van der Waals surface area contributed by atoms with Crippen LogP contribution in [0.5, 0.6) is 0 Å². The number of quaternary nitrogens is 2. The van der Waals surface area contributed by atoms with Crippen LogP contribution in [0.2, 0.25) is 0 Å². The summed E-state index contributed by atoms with van der Waals surface area (Å²) >= 11 is 0. The zero-order valence-corrected chi connectivity index (χ0v) is 12.7. The van der Waals surface area contributed by atoms with Crippen molar-refractivity contribution in [3.8, 4) is 0 Å². The monoisotopic (exact) mass is 273 g/mol. The zero-order valence-electron chi connectivity index (χ0n) is 12.7. The molecule has 0 saturated carbocycles. The van der Waals surface area contributed by atoms with E-state index in [0.717, 1.165) is 12.6 Å². The van der Waals surface area contributed by atoms with Gasteiger partial charge in [0.2, 0.25) is 0 Å². The first-order valence-corrected chi connectivity index (χ1v) is 8.01. The standard InChI is InChI=1S/C17H25N3/c1-3-14(2)20-10-8-19(9-11-20)13-15-12-18-17-7-5-4-6-16(15)17/h4-7,12,14,18H,3,8-11,13H2,1-2H3/p+2. The first-order chi connectivity index (χ1) is 9.78. The molecule has 0 spiro atoms. The number of benzene rings is 1. The van der Waals surface area contributed by atoms with Crippen LogP contribution in [0.4, 0.5) is 0 Å². The average Bonchev–Trinajstić information content (AvgIpc) is 2.91. The fourth-order valence-electron chi connectivity index (χ4n) is 3.43. The van der Waals surface area contributed by atoms with Gasteiger partial charge in [0.05, 0.1) is 6.04 Å². The predicted octanol–water partition coefficient (Wildman–Crippen LogP) is 0.250. The molecule has 3 heteroatoms. The van der Waals surface area contributed by atoms with Gasteiger partial charge in [-0.1, -0.05) is 25.1 Å². The lowest BCUT2D eigenvalue weighted by Crippen LogP contribution is -3.29. The first-order valence-electron chi connectivity index (χ1n) is 8.01. The predicted molar refractivity (Wildman–Crippen MR) is 83.1 cm³/mol. The summed E-state index contributed by atoms with van der Waals surface area (Å²) in [6.07, 6.45) is 3.50. The van der Waals surface area contributed by atoms with Crippen LogP contribution < -0.4 is 9.80 Å². The Kier molecular flexibility index (Phi) is 4.08. The quantitative estimate of drug-likeness (QED) is 0.712. The number of rotatable bonds is 4. The van der Waals surface area contributed by atoms with Gasteiger partial charge in [0.25, 0.3) is 0 Å². The molecule has 1 aliphatic rings. The van der Waals surface area contributed by atoms with E-state index < -0.39 is 0 Å². The maximum absolute atomic E-state index is 3.40. The second kappa shape index (κ2) is 5.98. The molecule has 2 aromatic rings. The Labute approximate surface area is 121 Å².